The average Bonchev–Trinajstić information content (AvgIpc) is 2.49. The van der Waals surface area contributed by atoms with Crippen molar-refractivity contribution in [1.82, 2.24) is 5.32 Å². The molecule has 0 aromatic rings. The third kappa shape index (κ3) is 2.75. The van der Waals surface area contributed by atoms with E-state index in [0.29, 0.717) is 0 Å². The molecule has 1 aliphatic heterocycles. The zero-order valence-electron chi connectivity index (χ0n) is 7.43. The first-order valence-corrected chi connectivity index (χ1v) is 3.82. The minimum absolute atomic E-state index is 0. The van der Waals surface area contributed by atoms with Gasteiger partial charge >= 0.3 is 12.1 Å². The number of hydrogen-bond acceptors (Lipinski definition) is 3. The first-order chi connectivity index (χ1) is 5.96. The molecule has 1 aliphatic rings. The van der Waals surface area contributed by atoms with Gasteiger partial charge in [-0.15, -0.1) is 12.4 Å². The number of nitrogens with one attached hydrogen (secondary N) is 1. The van der Waals surface area contributed by atoms with E-state index in [1.807, 2.05) is 0 Å². The Labute approximate surface area is 85.4 Å². The molecule has 0 spiro atoms. The molecule has 1 heterocycles. The third-order valence-electron chi connectivity index (χ3n) is 2.14. The van der Waals surface area contributed by atoms with Crippen molar-refractivity contribution in [2.45, 2.75) is 6.18 Å². The van der Waals surface area contributed by atoms with Gasteiger partial charge in [0, 0.05) is 13.1 Å². The highest BCUT2D eigenvalue weighted by Crippen LogP contribution is 2.34. The highest BCUT2D eigenvalue weighted by Gasteiger charge is 2.50. The molecule has 1 fully saturated rings. The number of rotatable bonds is 1. The van der Waals surface area contributed by atoms with Crippen LogP contribution in [0.25, 0.3) is 0 Å². The van der Waals surface area contributed by atoms with Gasteiger partial charge in [0.15, 0.2) is 0 Å². The number of hydrogen-bond donors (Lipinski definition) is 1. The number of ether oxygens (including phenoxy) is 1. The minimum atomic E-state index is -4.33. The fourth-order valence-corrected chi connectivity index (χ4v) is 1.42. The number of methoxy groups -OCH3 is 1. The van der Waals surface area contributed by atoms with E-state index in [9.17, 15) is 18.0 Å². The molecule has 0 aliphatic carbocycles. The van der Waals surface area contributed by atoms with Gasteiger partial charge in [-0.05, 0) is 0 Å². The van der Waals surface area contributed by atoms with Crippen LogP contribution in [-0.4, -0.2) is 32.3 Å². The van der Waals surface area contributed by atoms with Crippen molar-refractivity contribution in [1.29, 1.82) is 0 Å². The summed E-state index contributed by atoms with van der Waals surface area (Å²) in [6.07, 6.45) is -4.33. The molecule has 3 nitrogen and oxygen atoms in total. The molecule has 0 aromatic carbocycles. The van der Waals surface area contributed by atoms with E-state index in [0.717, 1.165) is 7.11 Å². The molecule has 1 rings (SSSR count). The lowest BCUT2D eigenvalue weighted by Crippen LogP contribution is -2.34. The summed E-state index contributed by atoms with van der Waals surface area (Å²) in [6, 6.07) is 0. The number of carbonyl (C=O) groups excluding carboxylic acids is 1. The van der Waals surface area contributed by atoms with Gasteiger partial charge in [0.05, 0.1) is 18.9 Å². The summed E-state index contributed by atoms with van der Waals surface area (Å²) in [6.45, 7) is -0.167. The topological polar surface area (TPSA) is 38.3 Å². The first kappa shape index (κ1) is 13.5. The van der Waals surface area contributed by atoms with Crippen LogP contribution in [0, 0.1) is 11.8 Å². The van der Waals surface area contributed by atoms with E-state index in [1.165, 1.54) is 0 Å². The van der Waals surface area contributed by atoms with Crippen molar-refractivity contribution in [3.63, 3.8) is 0 Å². The summed E-state index contributed by atoms with van der Waals surface area (Å²) in [5.41, 5.74) is 0. The normalized spacial score (nSPS) is 26.9. The molecule has 2 atom stereocenters. The molecule has 1 N–H and O–H groups in total. The van der Waals surface area contributed by atoms with E-state index >= 15 is 0 Å². The fraction of sp³-hybridized carbons (Fsp3) is 0.857. The van der Waals surface area contributed by atoms with Gasteiger partial charge in [-0.25, -0.2) is 0 Å². The Morgan fingerprint density at radius 3 is 2.43 bits per heavy atom. The van der Waals surface area contributed by atoms with Gasteiger partial charge in [-0.3, -0.25) is 4.79 Å². The monoisotopic (exact) mass is 233 g/mol. The van der Waals surface area contributed by atoms with Crippen LogP contribution >= 0.6 is 12.4 Å². The van der Waals surface area contributed by atoms with Gasteiger partial charge in [0.1, 0.15) is 0 Å². The summed E-state index contributed by atoms with van der Waals surface area (Å²) in [5, 5.41) is 2.52. The Bertz CT molecular complexity index is 210. The average molecular weight is 234 g/mol. The fourth-order valence-electron chi connectivity index (χ4n) is 1.42. The molecule has 0 radical (unpaired) electrons. The highest BCUT2D eigenvalue weighted by molar-refractivity contribution is 5.85. The van der Waals surface area contributed by atoms with Crippen LogP contribution in [0.4, 0.5) is 13.2 Å². The second kappa shape index (κ2) is 4.84. The number of carbonyl (C=O) groups is 1. The molecule has 0 bridgehead atoms. The van der Waals surface area contributed by atoms with Crippen LogP contribution < -0.4 is 5.32 Å². The summed E-state index contributed by atoms with van der Waals surface area (Å²) < 4.78 is 41.1. The zero-order valence-corrected chi connectivity index (χ0v) is 8.24. The second-order valence-corrected chi connectivity index (χ2v) is 2.94. The molecule has 7 heteroatoms. The van der Waals surface area contributed by atoms with Gasteiger partial charge in [0.25, 0.3) is 0 Å². The molecule has 2 unspecified atom stereocenters. The first-order valence-electron chi connectivity index (χ1n) is 3.82. The van der Waals surface area contributed by atoms with Gasteiger partial charge < -0.3 is 10.1 Å². The SMILES string of the molecule is COC(=O)C1CNCC1C(F)(F)F.Cl. The van der Waals surface area contributed by atoms with E-state index in [2.05, 4.69) is 10.1 Å². The van der Waals surface area contributed by atoms with Crippen LogP contribution in [0.15, 0.2) is 0 Å². The van der Waals surface area contributed by atoms with Crippen molar-refractivity contribution >= 4 is 18.4 Å². The van der Waals surface area contributed by atoms with Gasteiger partial charge in [0.2, 0.25) is 0 Å². The molecule has 84 valence electrons. The summed E-state index contributed by atoms with van der Waals surface area (Å²) >= 11 is 0. The maximum absolute atomic E-state index is 12.3. The predicted molar refractivity (Wildman–Crippen MR) is 45.2 cm³/mol. The van der Waals surface area contributed by atoms with Crippen LogP contribution in [0.1, 0.15) is 0 Å². The summed E-state index contributed by atoms with van der Waals surface area (Å²) in [4.78, 5) is 10.9. The maximum atomic E-state index is 12.3. The lowest BCUT2D eigenvalue weighted by Gasteiger charge is -2.18. The standard InChI is InChI=1S/C7H10F3NO2.ClH/c1-13-6(12)4-2-11-3-5(4)7(8,9)10;/h4-5,11H,2-3H2,1H3;1H. The Morgan fingerprint density at radius 1 is 1.43 bits per heavy atom. The summed E-state index contributed by atoms with van der Waals surface area (Å²) in [5.74, 6) is -3.50. The van der Waals surface area contributed by atoms with Crippen LogP contribution in [0.5, 0.6) is 0 Å². The lowest BCUT2D eigenvalue weighted by atomic mass is 9.96. The minimum Gasteiger partial charge on any atom is -0.469 e. The molecule has 14 heavy (non-hydrogen) atoms. The number of esters is 1. The maximum Gasteiger partial charge on any atom is 0.393 e. The second-order valence-electron chi connectivity index (χ2n) is 2.94. The van der Waals surface area contributed by atoms with Gasteiger partial charge in [-0.1, -0.05) is 0 Å². The largest absolute Gasteiger partial charge is 0.469 e. The molecule has 0 amide bonds. The molecule has 0 aromatic heterocycles. The predicted octanol–water partition coefficient (Wildman–Crippen LogP) is 0.979. The van der Waals surface area contributed by atoms with E-state index in [1.54, 1.807) is 0 Å². The van der Waals surface area contributed by atoms with E-state index in [-0.39, 0.29) is 25.5 Å². The number of halogens is 4. The molecule has 1 saturated heterocycles. The van der Waals surface area contributed by atoms with Crippen LogP contribution in [0.2, 0.25) is 0 Å². The van der Waals surface area contributed by atoms with Crippen molar-refractivity contribution < 1.29 is 22.7 Å². The van der Waals surface area contributed by atoms with Crippen LogP contribution in [-0.2, 0) is 9.53 Å². The van der Waals surface area contributed by atoms with E-state index in [4.69, 9.17) is 0 Å². The van der Waals surface area contributed by atoms with Crippen molar-refractivity contribution in [3.8, 4) is 0 Å². The number of alkyl halides is 3. The highest BCUT2D eigenvalue weighted by atomic mass is 35.5. The lowest BCUT2D eigenvalue weighted by molar-refractivity contribution is -0.188. The molecular formula is C7H11ClF3NO2. The van der Waals surface area contributed by atoms with Crippen LogP contribution in [0.3, 0.4) is 0 Å². The third-order valence-corrected chi connectivity index (χ3v) is 2.14. The van der Waals surface area contributed by atoms with Gasteiger partial charge in [-0.2, -0.15) is 13.2 Å². The smallest absolute Gasteiger partial charge is 0.393 e. The zero-order chi connectivity index (χ0) is 10.1. The van der Waals surface area contributed by atoms with Crippen molar-refractivity contribution in [2.24, 2.45) is 11.8 Å². The Kier molecular flexibility index (Phi) is 4.67. The quantitative estimate of drug-likeness (QED) is 0.686. The molecular weight excluding hydrogens is 223 g/mol. The summed E-state index contributed by atoms with van der Waals surface area (Å²) in [7, 11) is 1.09. The Hall–Kier alpha value is -0.490. The van der Waals surface area contributed by atoms with Crippen molar-refractivity contribution in [3.05, 3.63) is 0 Å². The molecule has 0 saturated carbocycles. The Balaban J connectivity index is 0.00000169. The van der Waals surface area contributed by atoms with Crippen molar-refractivity contribution in [2.75, 3.05) is 20.2 Å². The Morgan fingerprint density at radius 2 is 2.00 bits per heavy atom. The van der Waals surface area contributed by atoms with E-state index < -0.39 is 24.0 Å².